The van der Waals surface area contributed by atoms with Crippen LogP contribution in [0.25, 0.3) is 0 Å². The molecule has 1 aliphatic carbocycles. The summed E-state index contributed by atoms with van der Waals surface area (Å²) in [6.07, 6.45) is 5.68. The second kappa shape index (κ2) is 8.27. The molecule has 0 aliphatic heterocycles. The summed E-state index contributed by atoms with van der Waals surface area (Å²) in [7, 11) is -1.83. The molecule has 2 rings (SSSR count). The van der Waals surface area contributed by atoms with Gasteiger partial charge in [-0.3, -0.25) is 4.79 Å². The third kappa shape index (κ3) is 4.56. The molecular weight excluding hydrogens is 326 g/mol. The van der Waals surface area contributed by atoms with E-state index in [1.807, 2.05) is 13.1 Å². The fourth-order valence-electron chi connectivity index (χ4n) is 2.94. The van der Waals surface area contributed by atoms with Crippen molar-refractivity contribution in [2.24, 2.45) is 0 Å². The number of sulfonamides is 1. The number of rotatable bonds is 6. The molecule has 1 amide bonds. The molecule has 1 saturated carbocycles. The Labute approximate surface area is 143 Å². The van der Waals surface area contributed by atoms with Gasteiger partial charge in [0, 0.05) is 31.6 Å². The SMILES string of the molecule is CN(C(=O)c1ccc(S(=O)(=O)NCCC#N)cc1)C1CCCCC1. The van der Waals surface area contributed by atoms with Crippen LogP contribution >= 0.6 is 0 Å². The first kappa shape index (κ1) is 18.4. The molecule has 1 aromatic rings. The minimum atomic E-state index is -3.64. The van der Waals surface area contributed by atoms with Crippen LogP contribution in [-0.4, -0.2) is 38.9 Å². The van der Waals surface area contributed by atoms with Crippen LogP contribution in [0.2, 0.25) is 0 Å². The lowest BCUT2D eigenvalue weighted by molar-refractivity contribution is 0.0696. The van der Waals surface area contributed by atoms with E-state index in [1.165, 1.54) is 18.6 Å². The second-order valence-corrected chi connectivity index (χ2v) is 7.81. The van der Waals surface area contributed by atoms with Gasteiger partial charge < -0.3 is 4.90 Å². The van der Waals surface area contributed by atoms with E-state index in [-0.39, 0.29) is 29.8 Å². The monoisotopic (exact) mass is 349 g/mol. The molecule has 0 spiro atoms. The molecule has 1 aromatic carbocycles. The fourth-order valence-corrected chi connectivity index (χ4v) is 3.97. The predicted molar refractivity (Wildman–Crippen MR) is 90.8 cm³/mol. The van der Waals surface area contributed by atoms with Gasteiger partial charge in [-0.1, -0.05) is 19.3 Å². The second-order valence-electron chi connectivity index (χ2n) is 6.04. The molecule has 0 aromatic heterocycles. The summed E-state index contributed by atoms with van der Waals surface area (Å²) in [5.41, 5.74) is 0.485. The number of nitriles is 1. The smallest absolute Gasteiger partial charge is 0.253 e. The van der Waals surface area contributed by atoms with E-state index in [1.54, 1.807) is 17.0 Å². The predicted octanol–water partition coefficient (Wildman–Crippen LogP) is 2.28. The summed E-state index contributed by atoms with van der Waals surface area (Å²) in [5, 5.41) is 8.46. The Balaban J connectivity index is 2.05. The van der Waals surface area contributed by atoms with E-state index in [0.29, 0.717) is 5.56 Å². The van der Waals surface area contributed by atoms with E-state index in [0.717, 1.165) is 25.7 Å². The van der Waals surface area contributed by atoms with Crippen molar-refractivity contribution in [2.75, 3.05) is 13.6 Å². The molecule has 7 heteroatoms. The maximum Gasteiger partial charge on any atom is 0.253 e. The van der Waals surface area contributed by atoms with Gasteiger partial charge in [-0.15, -0.1) is 0 Å². The summed E-state index contributed by atoms with van der Waals surface area (Å²) in [5.74, 6) is -0.0803. The van der Waals surface area contributed by atoms with Gasteiger partial charge in [-0.25, -0.2) is 13.1 Å². The Morgan fingerprint density at radius 2 is 1.88 bits per heavy atom. The van der Waals surface area contributed by atoms with Crippen molar-refractivity contribution in [2.45, 2.75) is 49.5 Å². The third-order valence-corrected chi connectivity index (χ3v) is 5.86. The molecule has 1 aliphatic rings. The minimum Gasteiger partial charge on any atom is -0.339 e. The first-order chi connectivity index (χ1) is 11.5. The zero-order chi connectivity index (χ0) is 17.6. The average molecular weight is 349 g/mol. The molecule has 0 bridgehead atoms. The van der Waals surface area contributed by atoms with Gasteiger partial charge in [0.2, 0.25) is 10.0 Å². The Hall–Kier alpha value is -1.91. The largest absolute Gasteiger partial charge is 0.339 e. The van der Waals surface area contributed by atoms with Crippen LogP contribution in [-0.2, 0) is 10.0 Å². The van der Waals surface area contributed by atoms with Gasteiger partial charge in [-0.05, 0) is 37.1 Å². The van der Waals surface area contributed by atoms with Crippen molar-refractivity contribution >= 4 is 15.9 Å². The van der Waals surface area contributed by atoms with Gasteiger partial charge in [-0.2, -0.15) is 5.26 Å². The number of benzene rings is 1. The zero-order valence-electron chi connectivity index (χ0n) is 13.9. The van der Waals surface area contributed by atoms with Crippen molar-refractivity contribution in [3.05, 3.63) is 29.8 Å². The van der Waals surface area contributed by atoms with E-state index < -0.39 is 10.0 Å². The molecule has 0 saturated heterocycles. The lowest BCUT2D eigenvalue weighted by atomic mass is 9.94. The normalized spacial score (nSPS) is 15.7. The van der Waals surface area contributed by atoms with Crippen LogP contribution in [0, 0.1) is 11.3 Å². The minimum absolute atomic E-state index is 0.0733. The van der Waals surface area contributed by atoms with E-state index in [4.69, 9.17) is 5.26 Å². The Kier molecular flexibility index (Phi) is 6.35. The lowest BCUT2D eigenvalue weighted by Crippen LogP contribution is -2.38. The summed E-state index contributed by atoms with van der Waals surface area (Å²) in [6, 6.07) is 8.09. The Morgan fingerprint density at radius 1 is 1.25 bits per heavy atom. The van der Waals surface area contributed by atoms with E-state index in [2.05, 4.69) is 4.72 Å². The van der Waals surface area contributed by atoms with Gasteiger partial charge >= 0.3 is 0 Å². The van der Waals surface area contributed by atoms with Crippen LogP contribution in [0.1, 0.15) is 48.9 Å². The molecule has 130 valence electrons. The van der Waals surface area contributed by atoms with Crippen molar-refractivity contribution in [1.29, 1.82) is 5.26 Å². The first-order valence-corrected chi connectivity index (χ1v) is 9.68. The lowest BCUT2D eigenvalue weighted by Gasteiger charge is -2.31. The van der Waals surface area contributed by atoms with Gasteiger partial charge in [0.1, 0.15) is 0 Å². The molecule has 0 atom stereocenters. The van der Waals surface area contributed by atoms with Crippen LogP contribution in [0.5, 0.6) is 0 Å². The molecule has 0 unspecified atom stereocenters. The number of carbonyl (C=O) groups is 1. The molecule has 0 radical (unpaired) electrons. The highest BCUT2D eigenvalue weighted by molar-refractivity contribution is 7.89. The van der Waals surface area contributed by atoms with Crippen LogP contribution in [0.4, 0.5) is 0 Å². The van der Waals surface area contributed by atoms with Crippen molar-refractivity contribution in [3.63, 3.8) is 0 Å². The molecule has 24 heavy (non-hydrogen) atoms. The van der Waals surface area contributed by atoms with E-state index in [9.17, 15) is 13.2 Å². The third-order valence-electron chi connectivity index (χ3n) is 4.38. The maximum absolute atomic E-state index is 12.5. The quantitative estimate of drug-likeness (QED) is 0.798. The number of nitrogens with zero attached hydrogens (tertiary/aromatic N) is 2. The molecule has 0 heterocycles. The Morgan fingerprint density at radius 3 is 2.46 bits per heavy atom. The highest BCUT2D eigenvalue weighted by Crippen LogP contribution is 2.23. The van der Waals surface area contributed by atoms with Gasteiger partial charge in [0.15, 0.2) is 0 Å². The van der Waals surface area contributed by atoms with Gasteiger partial charge in [0.05, 0.1) is 11.0 Å². The van der Waals surface area contributed by atoms with Crippen LogP contribution in [0.15, 0.2) is 29.2 Å². The highest BCUT2D eigenvalue weighted by atomic mass is 32.2. The van der Waals surface area contributed by atoms with Crippen LogP contribution in [0.3, 0.4) is 0 Å². The molecule has 1 fully saturated rings. The summed E-state index contributed by atoms with van der Waals surface area (Å²) in [4.78, 5) is 14.4. The van der Waals surface area contributed by atoms with Crippen molar-refractivity contribution in [1.82, 2.24) is 9.62 Å². The highest BCUT2D eigenvalue weighted by Gasteiger charge is 2.23. The standard InChI is InChI=1S/C17H23N3O3S/c1-20(15-6-3-2-4-7-15)17(21)14-8-10-16(11-9-14)24(22,23)19-13-5-12-18/h8-11,15,19H,2-7,13H2,1H3. The zero-order valence-corrected chi connectivity index (χ0v) is 14.7. The maximum atomic E-state index is 12.5. The number of hydrogen-bond donors (Lipinski definition) is 1. The fraction of sp³-hybridized carbons (Fsp3) is 0.529. The number of carbonyl (C=O) groups excluding carboxylic acids is 1. The first-order valence-electron chi connectivity index (χ1n) is 8.19. The van der Waals surface area contributed by atoms with Crippen molar-refractivity contribution < 1.29 is 13.2 Å². The number of nitrogens with one attached hydrogen (secondary N) is 1. The average Bonchev–Trinajstić information content (AvgIpc) is 2.61. The summed E-state index contributed by atoms with van der Waals surface area (Å²) >= 11 is 0. The molecule has 6 nitrogen and oxygen atoms in total. The van der Waals surface area contributed by atoms with Crippen molar-refractivity contribution in [3.8, 4) is 6.07 Å². The number of hydrogen-bond acceptors (Lipinski definition) is 4. The van der Waals surface area contributed by atoms with Gasteiger partial charge in [0.25, 0.3) is 5.91 Å². The topological polar surface area (TPSA) is 90.3 Å². The summed E-state index contributed by atoms with van der Waals surface area (Å²) in [6.45, 7) is 0.0733. The Bertz CT molecular complexity index is 702. The number of amides is 1. The molecule has 1 N–H and O–H groups in total. The summed E-state index contributed by atoms with van der Waals surface area (Å²) < 4.78 is 26.5. The molecular formula is C17H23N3O3S. The van der Waals surface area contributed by atoms with Crippen LogP contribution < -0.4 is 4.72 Å². The van der Waals surface area contributed by atoms with E-state index >= 15 is 0 Å².